The Labute approximate surface area is 173 Å². The number of amides is 2. The van der Waals surface area contributed by atoms with Gasteiger partial charge in [-0.15, -0.1) is 0 Å². The van der Waals surface area contributed by atoms with E-state index in [0.29, 0.717) is 30.1 Å². The summed E-state index contributed by atoms with van der Waals surface area (Å²) in [4.78, 5) is 24.1. The fraction of sp³-hybridized carbons (Fsp3) is 0.263. The molecule has 1 heterocycles. The largest absolute Gasteiger partial charge is 0.465 e. The summed E-state index contributed by atoms with van der Waals surface area (Å²) in [5, 5.41) is 5.73. The first kappa shape index (κ1) is 21.1. The van der Waals surface area contributed by atoms with Crippen LogP contribution in [0.15, 0.2) is 53.4 Å². The molecule has 154 valence electrons. The third kappa shape index (κ3) is 4.87. The average molecular weight is 438 g/mol. The predicted molar refractivity (Wildman–Crippen MR) is 108 cm³/mol. The number of urea groups is 1. The highest BCUT2D eigenvalue weighted by Crippen LogP contribution is 2.25. The van der Waals surface area contributed by atoms with Gasteiger partial charge in [0.25, 0.3) is 0 Å². The third-order valence-electron chi connectivity index (χ3n) is 4.46. The van der Waals surface area contributed by atoms with Crippen molar-refractivity contribution in [1.29, 1.82) is 0 Å². The van der Waals surface area contributed by atoms with Gasteiger partial charge in [-0.2, -0.15) is 4.31 Å². The number of benzene rings is 2. The van der Waals surface area contributed by atoms with Crippen LogP contribution in [0.4, 0.5) is 10.5 Å². The van der Waals surface area contributed by atoms with E-state index in [0.717, 1.165) is 0 Å². The first-order valence-corrected chi connectivity index (χ1v) is 10.7. The van der Waals surface area contributed by atoms with Gasteiger partial charge in [-0.05, 0) is 55.3 Å². The van der Waals surface area contributed by atoms with Gasteiger partial charge in [-0.1, -0.05) is 17.7 Å². The minimum absolute atomic E-state index is 0.113. The molecular formula is C19H20ClN3O5S. The maximum atomic E-state index is 12.9. The number of hydrogen-bond donors (Lipinski definition) is 2. The number of anilines is 1. The van der Waals surface area contributed by atoms with Crippen molar-refractivity contribution in [1.82, 2.24) is 9.62 Å². The van der Waals surface area contributed by atoms with E-state index >= 15 is 0 Å². The van der Waals surface area contributed by atoms with Crippen LogP contribution in [0.5, 0.6) is 0 Å². The number of ether oxygens (including phenoxy) is 1. The molecule has 1 aliphatic heterocycles. The summed E-state index contributed by atoms with van der Waals surface area (Å²) in [5.74, 6) is -0.523. The molecule has 1 fully saturated rings. The molecule has 0 unspecified atom stereocenters. The SMILES string of the molecule is COC(=O)c1cccc(NC(=O)N[C@H]2CCCN2S(=O)(=O)c2ccc(Cl)cc2)c1. The number of hydrogen-bond acceptors (Lipinski definition) is 5. The van der Waals surface area contributed by atoms with Crippen LogP contribution in [-0.2, 0) is 14.8 Å². The van der Waals surface area contributed by atoms with Crippen LogP contribution >= 0.6 is 11.6 Å². The van der Waals surface area contributed by atoms with Gasteiger partial charge < -0.3 is 15.4 Å². The number of esters is 1. The van der Waals surface area contributed by atoms with E-state index in [-0.39, 0.29) is 10.5 Å². The van der Waals surface area contributed by atoms with Gasteiger partial charge >= 0.3 is 12.0 Å². The molecule has 3 rings (SSSR count). The van der Waals surface area contributed by atoms with Crippen LogP contribution in [0, 0.1) is 0 Å². The minimum Gasteiger partial charge on any atom is -0.465 e. The molecular weight excluding hydrogens is 418 g/mol. The highest BCUT2D eigenvalue weighted by Gasteiger charge is 2.36. The van der Waals surface area contributed by atoms with Crippen LogP contribution in [0.2, 0.25) is 5.02 Å². The molecule has 8 nitrogen and oxygen atoms in total. The summed E-state index contributed by atoms with van der Waals surface area (Å²) in [7, 11) is -2.50. The molecule has 1 aliphatic rings. The fourth-order valence-electron chi connectivity index (χ4n) is 3.07. The highest BCUT2D eigenvalue weighted by molar-refractivity contribution is 7.89. The lowest BCUT2D eigenvalue weighted by atomic mass is 10.2. The van der Waals surface area contributed by atoms with Gasteiger partial charge in [0.15, 0.2) is 0 Å². The number of methoxy groups -OCH3 is 1. The van der Waals surface area contributed by atoms with E-state index in [4.69, 9.17) is 11.6 Å². The van der Waals surface area contributed by atoms with Crippen molar-refractivity contribution in [3.63, 3.8) is 0 Å². The summed E-state index contributed by atoms with van der Waals surface area (Å²) in [6.45, 7) is 0.299. The number of sulfonamides is 1. The standard InChI is InChI=1S/C19H20ClN3O5S/c1-28-18(24)13-4-2-5-15(12-13)21-19(25)22-17-6-3-11-23(17)29(26,27)16-9-7-14(20)8-10-16/h2,4-5,7-10,12,17H,3,6,11H2,1H3,(H2,21,22,25)/t17-/m1/s1. The van der Waals surface area contributed by atoms with E-state index in [1.165, 1.54) is 41.7 Å². The normalized spacial score (nSPS) is 17.0. The van der Waals surface area contributed by atoms with Crippen molar-refractivity contribution in [3.8, 4) is 0 Å². The number of carbonyl (C=O) groups excluding carboxylic acids is 2. The first-order chi connectivity index (χ1) is 13.8. The van der Waals surface area contributed by atoms with E-state index in [1.807, 2.05) is 0 Å². The quantitative estimate of drug-likeness (QED) is 0.699. The molecule has 0 saturated carbocycles. The molecule has 0 radical (unpaired) electrons. The van der Waals surface area contributed by atoms with Gasteiger partial charge in [-0.25, -0.2) is 18.0 Å². The van der Waals surface area contributed by atoms with Crippen molar-refractivity contribution >= 4 is 39.3 Å². The first-order valence-electron chi connectivity index (χ1n) is 8.84. The lowest BCUT2D eigenvalue weighted by Gasteiger charge is -2.25. The third-order valence-corrected chi connectivity index (χ3v) is 6.64. The summed E-state index contributed by atoms with van der Waals surface area (Å²) < 4.78 is 31.7. The molecule has 0 aliphatic carbocycles. The van der Waals surface area contributed by atoms with Crippen molar-refractivity contribution in [2.24, 2.45) is 0 Å². The second-order valence-electron chi connectivity index (χ2n) is 6.40. The maximum Gasteiger partial charge on any atom is 0.337 e. The van der Waals surface area contributed by atoms with Crippen molar-refractivity contribution in [2.75, 3.05) is 19.0 Å². The van der Waals surface area contributed by atoms with Crippen molar-refractivity contribution < 1.29 is 22.7 Å². The molecule has 0 aromatic heterocycles. The monoisotopic (exact) mass is 437 g/mol. The number of nitrogens with zero attached hydrogens (tertiary/aromatic N) is 1. The Balaban J connectivity index is 1.70. The van der Waals surface area contributed by atoms with Crippen molar-refractivity contribution in [3.05, 3.63) is 59.1 Å². The zero-order valence-electron chi connectivity index (χ0n) is 15.6. The number of nitrogens with one attached hydrogen (secondary N) is 2. The summed E-state index contributed by atoms with van der Waals surface area (Å²) >= 11 is 5.83. The topological polar surface area (TPSA) is 105 Å². The van der Waals surface area contributed by atoms with Crippen LogP contribution in [0.3, 0.4) is 0 Å². The predicted octanol–water partition coefficient (Wildman–Crippen LogP) is 3.06. The Hall–Kier alpha value is -2.62. The smallest absolute Gasteiger partial charge is 0.337 e. The van der Waals surface area contributed by atoms with Crippen molar-refractivity contribution in [2.45, 2.75) is 23.9 Å². The van der Waals surface area contributed by atoms with Gasteiger partial charge in [0, 0.05) is 17.3 Å². The number of carbonyl (C=O) groups is 2. The number of halogens is 1. The summed E-state index contributed by atoms with van der Waals surface area (Å²) in [5.41, 5.74) is 0.675. The average Bonchev–Trinajstić information content (AvgIpc) is 3.16. The van der Waals surface area contributed by atoms with Gasteiger partial charge in [0.05, 0.1) is 23.7 Å². The molecule has 10 heteroatoms. The van der Waals surface area contributed by atoms with Crippen LogP contribution < -0.4 is 10.6 Å². The zero-order chi connectivity index (χ0) is 21.0. The fourth-order valence-corrected chi connectivity index (χ4v) is 4.81. The minimum atomic E-state index is -3.77. The van der Waals surface area contributed by atoms with Crippen LogP contribution in [0.25, 0.3) is 0 Å². The summed E-state index contributed by atoms with van der Waals surface area (Å²) in [6.07, 6.45) is 0.428. The molecule has 0 spiro atoms. The molecule has 2 amide bonds. The highest BCUT2D eigenvalue weighted by atomic mass is 35.5. The Morgan fingerprint density at radius 2 is 1.90 bits per heavy atom. The van der Waals surface area contributed by atoms with E-state index in [2.05, 4.69) is 15.4 Å². The Morgan fingerprint density at radius 3 is 2.59 bits per heavy atom. The molecule has 0 bridgehead atoms. The lowest BCUT2D eigenvalue weighted by molar-refractivity contribution is 0.0600. The second-order valence-corrected chi connectivity index (χ2v) is 8.73. The molecule has 1 atom stereocenters. The van der Waals surface area contributed by atoms with Gasteiger partial charge in [0.2, 0.25) is 10.0 Å². The van der Waals surface area contributed by atoms with E-state index in [9.17, 15) is 18.0 Å². The molecule has 2 aromatic rings. The van der Waals surface area contributed by atoms with Crippen LogP contribution in [0.1, 0.15) is 23.2 Å². The Kier molecular flexibility index (Phi) is 6.41. The Bertz CT molecular complexity index is 1010. The van der Waals surface area contributed by atoms with Gasteiger partial charge in [0.1, 0.15) is 0 Å². The number of rotatable bonds is 5. The molecule has 2 N–H and O–H groups in total. The molecule has 29 heavy (non-hydrogen) atoms. The zero-order valence-corrected chi connectivity index (χ0v) is 17.2. The van der Waals surface area contributed by atoms with E-state index < -0.39 is 28.2 Å². The van der Waals surface area contributed by atoms with E-state index in [1.54, 1.807) is 18.2 Å². The molecule has 2 aromatic carbocycles. The lowest BCUT2D eigenvalue weighted by Crippen LogP contribution is -2.48. The van der Waals surface area contributed by atoms with Crippen LogP contribution in [-0.4, -0.2) is 44.5 Å². The second kappa shape index (κ2) is 8.81. The van der Waals surface area contributed by atoms with Gasteiger partial charge in [-0.3, -0.25) is 0 Å². The maximum absolute atomic E-state index is 12.9. The Morgan fingerprint density at radius 1 is 1.17 bits per heavy atom. The molecule has 1 saturated heterocycles. The summed E-state index contributed by atoms with van der Waals surface area (Å²) in [6, 6.07) is 11.6.